The van der Waals surface area contributed by atoms with Crippen LogP contribution >= 0.6 is 24.2 Å². The van der Waals surface area contributed by atoms with Gasteiger partial charge < -0.3 is 10.6 Å². The number of hydrogen-bond acceptors (Lipinski definition) is 3. The Bertz CT molecular complexity index is 527. The molecule has 0 aromatic heterocycles. The van der Waals surface area contributed by atoms with Crippen molar-refractivity contribution >= 4 is 30.1 Å². The van der Waals surface area contributed by atoms with Crippen LogP contribution in [-0.4, -0.2) is 29.8 Å². The minimum Gasteiger partial charge on any atom is -0.353 e. The SMILES string of the molecule is Cl.O=C(NC1CC2CCC(C1)N2)C1CSc2ccccc21. The molecule has 3 unspecified atom stereocenters. The molecule has 3 heterocycles. The number of rotatable bonds is 2. The lowest BCUT2D eigenvalue weighted by Gasteiger charge is -2.30. The van der Waals surface area contributed by atoms with Crippen molar-refractivity contribution in [2.24, 2.45) is 0 Å². The summed E-state index contributed by atoms with van der Waals surface area (Å²) in [4.78, 5) is 13.8. The van der Waals surface area contributed by atoms with E-state index in [9.17, 15) is 4.79 Å². The van der Waals surface area contributed by atoms with E-state index in [0.717, 1.165) is 18.6 Å². The van der Waals surface area contributed by atoms with Crippen molar-refractivity contribution in [3.8, 4) is 0 Å². The van der Waals surface area contributed by atoms with Crippen molar-refractivity contribution in [3.05, 3.63) is 29.8 Å². The number of hydrogen-bond donors (Lipinski definition) is 2. The highest BCUT2D eigenvalue weighted by molar-refractivity contribution is 7.99. The number of amides is 1. The van der Waals surface area contributed by atoms with Crippen LogP contribution in [0.4, 0.5) is 0 Å². The van der Waals surface area contributed by atoms with Gasteiger partial charge in [-0.15, -0.1) is 24.2 Å². The van der Waals surface area contributed by atoms with Crippen molar-refractivity contribution in [2.45, 2.75) is 54.6 Å². The number of carbonyl (C=O) groups is 1. The zero-order chi connectivity index (χ0) is 13.5. The van der Waals surface area contributed by atoms with Gasteiger partial charge in [-0.3, -0.25) is 4.79 Å². The fourth-order valence-electron chi connectivity index (χ4n) is 3.86. The summed E-state index contributed by atoms with van der Waals surface area (Å²) >= 11 is 1.81. The van der Waals surface area contributed by atoms with Gasteiger partial charge in [0.15, 0.2) is 0 Å². The Balaban J connectivity index is 0.00000132. The third kappa shape index (κ3) is 2.94. The molecule has 3 aliphatic rings. The third-order valence-corrected chi connectivity index (χ3v) is 6.02. The van der Waals surface area contributed by atoms with E-state index in [1.807, 2.05) is 6.07 Å². The van der Waals surface area contributed by atoms with E-state index in [4.69, 9.17) is 0 Å². The van der Waals surface area contributed by atoms with Crippen LogP contribution in [-0.2, 0) is 4.79 Å². The molecule has 1 aromatic rings. The average Bonchev–Trinajstić information content (AvgIpc) is 3.02. The van der Waals surface area contributed by atoms with Gasteiger partial charge in [0.1, 0.15) is 0 Å². The van der Waals surface area contributed by atoms with E-state index in [1.54, 1.807) is 11.8 Å². The molecule has 2 saturated heterocycles. The summed E-state index contributed by atoms with van der Waals surface area (Å²) in [5, 5.41) is 6.93. The van der Waals surface area contributed by atoms with E-state index in [-0.39, 0.29) is 24.2 Å². The number of benzene rings is 1. The summed E-state index contributed by atoms with van der Waals surface area (Å²) in [6.45, 7) is 0. The summed E-state index contributed by atoms with van der Waals surface area (Å²) < 4.78 is 0. The van der Waals surface area contributed by atoms with E-state index in [1.165, 1.54) is 23.3 Å². The molecule has 0 spiro atoms. The molecular weight excluding hydrogens is 304 g/mol. The fourth-order valence-corrected chi connectivity index (χ4v) is 5.09. The van der Waals surface area contributed by atoms with Gasteiger partial charge in [0, 0.05) is 28.8 Å². The molecule has 5 heteroatoms. The Morgan fingerprint density at radius 1 is 1.19 bits per heavy atom. The Morgan fingerprint density at radius 3 is 2.67 bits per heavy atom. The van der Waals surface area contributed by atoms with Gasteiger partial charge in [0.25, 0.3) is 0 Å². The average molecular weight is 325 g/mol. The van der Waals surface area contributed by atoms with Crippen LogP contribution in [0.5, 0.6) is 0 Å². The number of carbonyl (C=O) groups excluding carboxylic acids is 1. The minimum atomic E-state index is 0. The maximum Gasteiger partial charge on any atom is 0.228 e. The molecular formula is C16H21ClN2OS. The molecule has 1 amide bonds. The lowest BCUT2D eigenvalue weighted by molar-refractivity contribution is -0.123. The van der Waals surface area contributed by atoms with Crippen molar-refractivity contribution in [3.63, 3.8) is 0 Å². The van der Waals surface area contributed by atoms with Crippen LogP contribution < -0.4 is 10.6 Å². The Morgan fingerprint density at radius 2 is 1.90 bits per heavy atom. The monoisotopic (exact) mass is 324 g/mol. The molecule has 4 rings (SSSR count). The summed E-state index contributed by atoms with van der Waals surface area (Å²) in [6.07, 6.45) is 4.76. The second-order valence-corrected chi connectivity index (χ2v) is 7.28. The molecule has 21 heavy (non-hydrogen) atoms. The topological polar surface area (TPSA) is 41.1 Å². The number of thioether (sulfide) groups is 1. The van der Waals surface area contributed by atoms with Gasteiger partial charge >= 0.3 is 0 Å². The van der Waals surface area contributed by atoms with Crippen LogP contribution in [0.3, 0.4) is 0 Å². The van der Waals surface area contributed by atoms with Crippen LogP contribution in [0.1, 0.15) is 37.2 Å². The van der Waals surface area contributed by atoms with Crippen molar-refractivity contribution in [1.29, 1.82) is 0 Å². The molecule has 3 nitrogen and oxygen atoms in total. The van der Waals surface area contributed by atoms with Crippen LogP contribution in [0.25, 0.3) is 0 Å². The predicted molar refractivity (Wildman–Crippen MR) is 88.3 cm³/mol. The standard InChI is InChI=1S/C16H20N2OS.ClH/c19-16(14-9-20-15-4-2-1-3-13(14)15)18-12-7-10-5-6-11(8-12)17-10;/h1-4,10-12,14,17H,5-9H2,(H,18,19);1H. The molecule has 0 aliphatic carbocycles. The highest BCUT2D eigenvalue weighted by atomic mass is 35.5. The van der Waals surface area contributed by atoms with Gasteiger partial charge in [-0.1, -0.05) is 18.2 Å². The first-order chi connectivity index (χ1) is 9.79. The molecule has 3 atom stereocenters. The Hall–Kier alpha value is -0.710. The van der Waals surface area contributed by atoms with E-state index >= 15 is 0 Å². The molecule has 0 radical (unpaired) electrons. The first-order valence-electron chi connectivity index (χ1n) is 7.58. The van der Waals surface area contributed by atoms with Crippen LogP contribution in [0.2, 0.25) is 0 Å². The zero-order valence-electron chi connectivity index (χ0n) is 11.9. The molecule has 1 aromatic carbocycles. The number of nitrogens with one attached hydrogen (secondary N) is 2. The summed E-state index contributed by atoms with van der Waals surface area (Å²) in [6, 6.07) is 9.95. The summed E-state index contributed by atoms with van der Waals surface area (Å²) in [5.41, 5.74) is 1.21. The number of fused-ring (bicyclic) bond motifs is 3. The fraction of sp³-hybridized carbons (Fsp3) is 0.562. The van der Waals surface area contributed by atoms with Gasteiger partial charge in [-0.25, -0.2) is 0 Å². The van der Waals surface area contributed by atoms with Gasteiger partial charge in [-0.2, -0.15) is 0 Å². The lowest BCUT2D eigenvalue weighted by atomic mass is 9.96. The third-order valence-electron chi connectivity index (χ3n) is 4.84. The number of halogens is 1. The maximum atomic E-state index is 12.6. The van der Waals surface area contributed by atoms with E-state index in [2.05, 4.69) is 28.8 Å². The summed E-state index contributed by atoms with van der Waals surface area (Å²) in [5.74, 6) is 1.17. The molecule has 2 bridgehead atoms. The zero-order valence-corrected chi connectivity index (χ0v) is 13.5. The molecule has 2 N–H and O–H groups in total. The maximum absolute atomic E-state index is 12.6. The van der Waals surface area contributed by atoms with Crippen molar-refractivity contribution in [2.75, 3.05) is 5.75 Å². The first-order valence-corrected chi connectivity index (χ1v) is 8.56. The van der Waals surface area contributed by atoms with Gasteiger partial charge in [0.2, 0.25) is 5.91 Å². The number of piperidine rings is 1. The first kappa shape index (κ1) is 15.2. The minimum absolute atomic E-state index is 0. The molecule has 114 valence electrons. The quantitative estimate of drug-likeness (QED) is 0.879. The van der Waals surface area contributed by atoms with Crippen molar-refractivity contribution in [1.82, 2.24) is 10.6 Å². The Labute approximate surface area is 136 Å². The van der Waals surface area contributed by atoms with Crippen LogP contribution in [0, 0.1) is 0 Å². The normalized spacial score (nSPS) is 33.1. The second-order valence-electron chi connectivity index (χ2n) is 6.22. The lowest BCUT2D eigenvalue weighted by Crippen LogP contribution is -2.49. The second kappa shape index (κ2) is 6.19. The highest BCUT2D eigenvalue weighted by Crippen LogP contribution is 2.39. The smallest absolute Gasteiger partial charge is 0.228 e. The molecule has 2 fully saturated rings. The predicted octanol–water partition coefficient (Wildman–Crippen LogP) is 2.70. The van der Waals surface area contributed by atoms with E-state index in [0.29, 0.717) is 18.1 Å². The van der Waals surface area contributed by atoms with Gasteiger partial charge in [0.05, 0.1) is 5.92 Å². The van der Waals surface area contributed by atoms with E-state index < -0.39 is 0 Å². The van der Waals surface area contributed by atoms with Crippen LogP contribution in [0.15, 0.2) is 29.2 Å². The van der Waals surface area contributed by atoms with Crippen molar-refractivity contribution < 1.29 is 4.79 Å². The largest absolute Gasteiger partial charge is 0.353 e. The van der Waals surface area contributed by atoms with Gasteiger partial charge in [-0.05, 0) is 37.3 Å². The molecule has 3 aliphatic heterocycles. The molecule has 0 saturated carbocycles. The summed E-state index contributed by atoms with van der Waals surface area (Å²) in [7, 11) is 0. The highest BCUT2D eigenvalue weighted by Gasteiger charge is 2.36. The Kier molecular flexibility index (Phi) is 4.48.